The van der Waals surface area contributed by atoms with Crippen molar-refractivity contribution >= 4 is 35.6 Å². The molecule has 3 aliphatic carbocycles. The van der Waals surface area contributed by atoms with Crippen molar-refractivity contribution < 1.29 is 67.8 Å². The van der Waals surface area contributed by atoms with Crippen LogP contribution in [0.1, 0.15) is 86.7 Å². The summed E-state index contributed by atoms with van der Waals surface area (Å²) in [6.07, 6.45) is -8.54. The second kappa shape index (κ2) is 16.5. The van der Waals surface area contributed by atoms with Crippen LogP contribution in [0.25, 0.3) is 0 Å². The number of Topliss-reactive ketones (excluding diaryl/α,β-unsaturated/α-hetero) is 1. The maximum absolute atomic E-state index is 15.5. The van der Waals surface area contributed by atoms with Crippen molar-refractivity contribution in [1.82, 2.24) is 5.32 Å². The van der Waals surface area contributed by atoms with Crippen LogP contribution in [0.3, 0.4) is 0 Å². The van der Waals surface area contributed by atoms with E-state index in [4.69, 9.17) is 23.7 Å². The lowest BCUT2D eigenvalue weighted by Crippen LogP contribution is -2.81. The molecule has 328 valence electrons. The molecule has 0 aromatic heterocycles. The molecule has 2 bridgehead atoms. The van der Waals surface area contributed by atoms with Crippen LogP contribution in [0.15, 0.2) is 102 Å². The number of nitrogens with one attached hydrogen (secondary N) is 1. The molecule has 1 saturated heterocycles. The predicted molar refractivity (Wildman–Crippen MR) is 217 cm³/mol. The SMILES string of the molecule is CC(=O)O[C@@H]1C(=O)[C@@]2(C)[C@@H]([C@@H]3CO[C@@H]3C[C@@H]2O)[C@](OC(C)=O)(OC(=O)c2ccccc2)[C@@]2(O)C[C@H](OC(=O)[C@H](O)[C@@H](NC(=O)c3ccccc3)c3ccccc3)C(C)=C1C2(C)C. The van der Waals surface area contributed by atoms with Crippen LogP contribution in [-0.4, -0.2) is 99.4 Å². The highest BCUT2D eigenvalue weighted by Crippen LogP contribution is 2.66. The second-order valence-electron chi connectivity index (χ2n) is 17.3. The van der Waals surface area contributed by atoms with Gasteiger partial charge in [-0.1, -0.05) is 80.6 Å². The van der Waals surface area contributed by atoms with E-state index in [0.717, 1.165) is 13.8 Å². The van der Waals surface area contributed by atoms with Crippen LogP contribution in [0.2, 0.25) is 0 Å². The summed E-state index contributed by atoms with van der Waals surface area (Å²) in [6, 6.07) is 22.7. The number of rotatable bonds is 10. The molecule has 0 unspecified atom stereocenters. The summed E-state index contributed by atoms with van der Waals surface area (Å²) in [5.74, 6) is -10.9. The Morgan fingerprint density at radius 2 is 1.40 bits per heavy atom. The first-order valence-electron chi connectivity index (χ1n) is 20.5. The van der Waals surface area contributed by atoms with Gasteiger partial charge in [0.2, 0.25) is 0 Å². The van der Waals surface area contributed by atoms with Gasteiger partial charge in [-0.25, -0.2) is 9.59 Å². The molecule has 3 fully saturated rings. The second-order valence-corrected chi connectivity index (χ2v) is 17.3. The van der Waals surface area contributed by atoms with Gasteiger partial charge >= 0.3 is 23.9 Å². The van der Waals surface area contributed by atoms with Gasteiger partial charge in [-0.2, -0.15) is 0 Å². The van der Waals surface area contributed by atoms with E-state index in [1.54, 1.807) is 78.9 Å². The first kappa shape index (κ1) is 44.3. The monoisotopic (exact) mass is 853 g/mol. The van der Waals surface area contributed by atoms with Gasteiger partial charge in [-0.15, -0.1) is 0 Å². The normalized spacial score (nSPS) is 31.9. The number of ketones is 1. The standard InChI is InChI=1S/C47H51NO14/c1-25-33(60-43(56)37(52)36(28-16-10-7-11-17-28)48-41(54)29-18-12-8-13-19-29)23-46(57)44(4,5)35(25)38(59-26(2)49)40(53)45(6)34(51)22-32-31(24-58-32)39(45)47(46,61-27(3)50)62-42(55)30-20-14-9-15-21-30/h7-21,31-34,36-39,51-52,57H,22-24H2,1-6H3,(H,48,54)/t31-,32-,33+,34+,36+,37-,38+,39-,45-,46-,47+/m1/s1. The molecule has 1 aliphatic heterocycles. The summed E-state index contributed by atoms with van der Waals surface area (Å²) < 4.78 is 30.5. The van der Waals surface area contributed by atoms with Crippen molar-refractivity contribution in [2.45, 2.75) is 102 Å². The van der Waals surface area contributed by atoms with Crippen molar-refractivity contribution in [2.75, 3.05) is 6.61 Å². The molecular formula is C47H51NO14. The molecule has 11 atom stereocenters. The zero-order valence-corrected chi connectivity index (χ0v) is 35.2. The Labute approximate surface area is 358 Å². The number of hydrogen-bond acceptors (Lipinski definition) is 14. The summed E-state index contributed by atoms with van der Waals surface area (Å²) in [5.41, 5.74) is -5.94. The molecule has 3 aromatic rings. The van der Waals surface area contributed by atoms with Crippen LogP contribution in [0, 0.1) is 22.7 Å². The van der Waals surface area contributed by atoms with Gasteiger partial charge in [0.05, 0.1) is 41.8 Å². The summed E-state index contributed by atoms with van der Waals surface area (Å²) in [5, 5.41) is 40.5. The predicted octanol–water partition coefficient (Wildman–Crippen LogP) is 3.94. The van der Waals surface area contributed by atoms with Gasteiger partial charge in [0.1, 0.15) is 6.10 Å². The number of hydrogen-bond donors (Lipinski definition) is 4. The average Bonchev–Trinajstić information content (AvgIpc) is 3.23. The van der Waals surface area contributed by atoms with Gasteiger partial charge in [0.25, 0.3) is 11.7 Å². The fraction of sp³-hybridized carbons (Fsp3) is 0.447. The molecule has 15 nitrogen and oxygen atoms in total. The van der Waals surface area contributed by atoms with E-state index in [2.05, 4.69) is 5.32 Å². The van der Waals surface area contributed by atoms with Crippen LogP contribution < -0.4 is 5.32 Å². The van der Waals surface area contributed by atoms with Gasteiger partial charge in [-0.05, 0) is 54.8 Å². The highest BCUT2D eigenvalue weighted by molar-refractivity contribution is 5.96. The third-order valence-electron chi connectivity index (χ3n) is 13.4. The Morgan fingerprint density at radius 1 is 0.823 bits per heavy atom. The molecule has 1 amide bonds. The fourth-order valence-corrected chi connectivity index (χ4v) is 10.2. The van der Waals surface area contributed by atoms with E-state index in [1.807, 2.05) is 0 Å². The Bertz CT molecular complexity index is 2280. The van der Waals surface area contributed by atoms with Crippen molar-refractivity contribution in [2.24, 2.45) is 22.7 Å². The number of carbonyl (C=O) groups is 6. The lowest BCUT2D eigenvalue weighted by molar-refractivity contribution is -0.383. The molecule has 4 aliphatic rings. The first-order chi connectivity index (χ1) is 29.3. The zero-order valence-electron chi connectivity index (χ0n) is 35.2. The lowest BCUT2D eigenvalue weighted by atomic mass is 9.44. The van der Waals surface area contributed by atoms with Crippen molar-refractivity contribution in [3.8, 4) is 0 Å². The Morgan fingerprint density at radius 3 is 1.95 bits per heavy atom. The van der Waals surface area contributed by atoms with E-state index in [-0.39, 0.29) is 35.3 Å². The number of benzene rings is 3. The van der Waals surface area contributed by atoms with Crippen molar-refractivity contribution in [1.29, 1.82) is 0 Å². The molecule has 7 rings (SSSR count). The number of esters is 4. The molecule has 62 heavy (non-hydrogen) atoms. The van der Waals surface area contributed by atoms with Crippen molar-refractivity contribution in [3.63, 3.8) is 0 Å². The van der Waals surface area contributed by atoms with Crippen LogP contribution >= 0.6 is 0 Å². The summed E-state index contributed by atoms with van der Waals surface area (Å²) >= 11 is 0. The minimum absolute atomic E-state index is 0.00978. The van der Waals surface area contributed by atoms with E-state index in [1.165, 1.54) is 39.8 Å². The van der Waals surface area contributed by atoms with Gasteiger partial charge < -0.3 is 44.3 Å². The Balaban J connectivity index is 1.42. The Hall–Kier alpha value is -5.74. The van der Waals surface area contributed by atoms with Crippen LogP contribution in [-0.2, 0) is 42.9 Å². The summed E-state index contributed by atoms with van der Waals surface area (Å²) in [7, 11) is 0. The number of carbonyl (C=O) groups excluding carboxylic acids is 6. The maximum atomic E-state index is 15.5. The maximum Gasteiger partial charge on any atom is 0.341 e. The molecule has 2 saturated carbocycles. The van der Waals surface area contributed by atoms with E-state index in [0.29, 0.717) is 5.56 Å². The minimum Gasteiger partial charge on any atom is -0.456 e. The third-order valence-corrected chi connectivity index (χ3v) is 13.4. The molecule has 3 aromatic carbocycles. The molecule has 15 heteroatoms. The van der Waals surface area contributed by atoms with Crippen LogP contribution in [0.5, 0.6) is 0 Å². The first-order valence-corrected chi connectivity index (χ1v) is 20.5. The number of amides is 1. The van der Waals surface area contributed by atoms with Gasteiger partial charge in [-0.3, -0.25) is 19.2 Å². The largest absolute Gasteiger partial charge is 0.456 e. The highest BCUT2D eigenvalue weighted by atomic mass is 16.7. The number of aliphatic hydroxyl groups excluding tert-OH is 2. The molecule has 1 heterocycles. The average molecular weight is 854 g/mol. The third kappa shape index (κ3) is 7.20. The fourth-order valence-electron chi connectivity index (χ4n) is 10.2. The van der Waals surface area contributed by atoms with E-state index < -0.39 is 113 Å². The zero-order chi connectivity index (χ0) is 44.9. The van der Waals surface area contributed by atoms with E-state index >= 15 is 4.79 Å². The summed E-state index contributed by atoms with van der Waals surface area (Å²) in [6.45, 7) is 7.95. The lowest BCUT2D eigenvalue weighted by Gasteiger charge is -2.67. The minimum atomic E-state index is -2.85. The Kier molecular flexibility index (Phi) is 11.8. The van der Waals surface area contributed by atoms with Gasteiger partial charge in [0.15, 0.2) is 23.6 Å². The van der Waals surface area contributed by atoms with Gasteiger partial charge in [0, 0.05) is 43.6 Å². The number of aliphatic hydroxyl groups is 3. The molecule has 0 spiro atoms. The van der Waals surface area contributed by atoms with Crippen LogP contribution in [0.4, 0.5) is 0 Å². The highest BCUT2D eigenvalue weighted by Gasteiger charge is 2.80. The summed E-state index contributed by atoms with van der Waals surface area (Å²) in [4.78, 5) is 84.3. The smallest absolute Gasteiger partial charge is 0.341 e. The quantitative estimate of drug-likeness (QED) is 0.0983. The number of fused-ring (bicyclic) bond motifs is 5. The topological polar surface area (TPSA) is 221 Å². The molecule has 4 N–H and O–H groups in total. The molecule has 0 radical (unpaired) electrons. The number of ether oxygens (including phenoxy) is 5. The molecular weight excluding hydrogens is 803 g/mol. The van der Waals surface area contributed by atoms with Crippen molar-refractivity contribution in [3.05, 3.63) is 119 Å². The van der Waals surface area contributed by atoms with E-state index in [9.17, 15) is 39.3 Å².